The van der Waals surface area contributed by atoms with Crippen molar-refractivity contribution >= 4 is 5.96 Å². The van der Waals surface area contributed by atoms with Crippen LogP contribution in [0.5, 0.6) is 0 Å². The predicted molar refractivity (Wildman–Crippen MR) is 69.4 cm³/mol. The average molecular weight is 227 g/mol. The monoisotopic (exact) mass is 227 g/mol. The normalized spacial score (nSPS) is 13.6. The Labute approximate surface area is 98.6 Å². The quantitative estimate of drug-likeness (QED) is 0.332. The van der Waals surface area contributed by atoms with Crippen LogP contribution in [0.2, 0.25) is 0 Å². The molecule has 1 atom stereocenters. The molecule has 0 radical (unpaired) electrons. The second-order valence-corrected chi connectivity index (χ2v) is 4.20. The zero-order chi connectivity index (χ0) is 12.4. The van der Waals surface area contributed by atoms with Gasteiger partial charge in [0, 0.05) is 19.7 Å². The Morgan fingerprint density at radius 3 is 2.69 bits per heavy atom. The van der Waals surface area contributed by atoms with Crippen LogP contribution in [0.4, 0.5) is 0 Å². The van der Waals surface area contributed by atoms with Gasteiger partial charge in [0.15, 0.2) is 5.96 Å². The number of aliphatic hydroxyl groups excluding tert-OH is 1. The topological polar surface area (TPSA) is 70.6 Å². The molecule has 0 bridgehead atoms. The van der Waals surface area contributed by atoms with Gasteiger partial charge >= 0.3 is 0 Å². The van der Waals surface area contributed by atoms with E-state index in [2.05, 4.69) is 23.8 Å². The first-order valence-corrected chi connectivity index (χ1v) is 5.89. The highest BCUT2D eigenvalue weighted by Gasteiger charge is 2.06. The second-order valence-electron chi connectivity index (χ2n) is 4.20. The lowest BCUT2D eigenvalue weighted by Gasteiger charge is -2.12. The van der Waals surface area contributed by atoms with Crippen molar-refractivity contribution in [2.24, 2.45) is 16.6 Å². The standard InChI is InChI=1S/C12H25N3O/c1-4-5-11(6-7-16)9-15-12(13)14-8-10(2)3/h11,16H,2,4-9H2,1,3H3,(H3,13,14,15). The van der Waals surface area contributed by atoms with E-state index >= 15 is 0 Å². The van der Waals surface area contributed by atoms with Crippen LogP contribution in [-0.4, -0.2) is 30.8 Å². The number of nitrogens with one attached hydrogen (secondary N) is 1. The zero-order valence-corrected chi connectivity index (χ0v) is 10.5. The van der Waals surface area contributed by atoms with Crippen LogP contribution in [-0.2, 0) is 0 Å². The molecular weight excluding hydrogens is 202 g/mol. The van der Waals surface area contributed by atoms with Gasteiger partial charge in [-0.15, -0.1) is 0 Å². The van der Waals surface area contributed by atoms with E-state index in [-0.39, 0.29) is 6.61 Å². The summed E-state index contributed by atoms with van der Waals surface area (Å²) in [6.45, 7) is 9.41. The van der Waals surface area contributed by atoms with E-state index in [4.69, 9.17) is 10.8 Å². The van der Waals surface area contributed by atoms with Crippen molar-refractivity contribution in [3.63, 3.8) is 0 Å². The second kappa shape index (κ2) is 9.21. The average Bonchev–Trinajstić information content (AvgIpc) is 2.23. The molecule has 0 amide bonds. The third-order valence-corrected chi connectivity index (χ3v) is 2.33. The molecule has 0 rings (SSSR count). The molecule has 16 heavy (non-hydrogen) atoms. The van der Waals surface area contributed by atoms with E-state index in [1.165, 1.54) is 0 Å². The Hall–Kier alpha value is -1.03. The maximum Gasteiger partial charge on any atom is 0.188 e. The summed E-state index contributed by atoms with van der Waals surface area (Å²) in [5.41, 5.74) is 6.72. The van der Waals surface area contributed by atoms with Crippen LogP contribution < -0.4 is 11.1 Å². The minimum Gasteiger partial charge on any atom is -0.396 e. The van der Waals surface area contributed by atoms with Gasteiger partial charge in [-0.2, -0.15) is 0 Å². The van der Waals surface area contributed by atoms with Gasteiger partial charge in [0.1, 0.15) is 0 Å². The summed E-state index contributed by atoms with van der Waals surface area (Å²) in [6.07, 6.45) is 2.99. The van der Waals surface area contributed by atoms with Gasteiger partial charge in [-0.05, 0) is 25.7 Å². The first-order valence-electron chi connectivity index (χ1n) is 5.89. The van der Waals surface area contributed by atoms with Crippen molar-refractivity contribution in [1.29, 1.82) is 0 Å². The summed E-state index contributed by atoms with van der Waals surface area (Å²) in [4.78, 5) is 4.26. The maximum atomic E-state index is 8.90. The lowest BCUT2D eigenvalue weighted by Crippen LogP contribution is -2.33. The molecule has 0 aromatic carbocycles. The van der Waals surface area contributed by atoms with E-state index in [9.17, 15) is 0 Å². The summed E-state index contributed by atoms with van der Waals surface area (Å²) in [5.74, 6) is 0.891. The van der Waals surface area contributed by atoms with Gasteiger partial charge in [-0.1, -0.05) is 25.5 Å². The van der Waals surface area contributed by atoms with Crippen molar-refractivity contribution < 1.29 is 5.11 Å². The van der Waals surface area contributed by atoms with Crippen LogP contribution in [0.25, 0.3) is 0 Å². The molecule has 0 fully saturated rings. The molecule has 4 nitrogen and oxygen atoms in total. The van der Waals surface area contributed by atoms with Crippen molar-refractivity contribution in [2.75, 3.05) is 19.7 Å². The Morgan fingerprint density at radius 2 is 2.19 bits per heavy atom. The number of hydrogen-bond donors (Lipinski definition) is 3. The summed E-state index contributed by atoms with van der Waals surface area (Å²) >= 11 is 0. The summed E-state index contributed by atoms with van der Waals surface area (Å²) in [7, 11) is 0. The first kappa shape index (κ1) is 15.0. The van der Waals surface area contributed by atoms with Crippen molar-refractivity contribution in [3.05, 3.63) is 12.2 Å². The molecule has 94 valence electrons. The van der Waals surface area contributed by atoms with Gasteiger partial charge in [0.25, 0.3) is 0 Å². The lowest BCUT2D eigenvalue weighted by atomic mass is 10.0. The molecule has 0 aliphatic carbocycles. The van der Waals surface area contributed by atoms with Crippen LogP contribution in [0, 0.1) is 5.92 Å². The van der Waals surface area contributed by atoms with E-state index in [1.807, 2.05) is 6.92 Å². The summed E-state index contributed by atoms with van der Waals surface area (Å²) in [5, 5.41) is 11.9. The molecule has 0 saturated carbocycles. The lowest BCUT2D eigenvalue weighted by molar-refractivity contribution is 0.253. The van der Waals surface area contributed by atoms with Gasteiger partial charge in [0.2, 0.25) is 0 Å². The first-order chi connectivity index (χ1) is 7.60. The van der Waals surface area contributed by atoms with E-state index in [1.54, 1.807) is 0 Å². The fourth-order valence-electron chi connectivity index (χ4n) is 1.44. The molecular formula is C12H25N3O. The van der Waals surface area contributed by atoms with Crippen molar-refractivity contribution in [1.82, 2.24) is 5.32 Å². The fourth-order valence-corrected chi connectivity index (χ4v) is 1.44. The molecule has 1 unspecified atom stereocenters. The van der Waals surface area contributed by atoms with Crippen LogP contribution in [0.1, 0.15) is 33.1 Å². The Kier molecular flexibility index (Phi) is 8.62. The van der Waals surface area contributed by atoms with Crippen molar-refractivity contribution in [3.8, 4) is 0 Å². The van der Waals surface area contributed by atoms with Gasteiger partial charge < -0.3 is 16.2 Å². The number of rotatable bonds is 8. The Bertz CT molecular complexity index is 220. The molecule has 0 saturated heterocycles. The SMILES string of the molecule is C=C(C)CNC(N)=NCC(CCC)CCO. The van der Waals surface area contributed by atoms with E-state index in [0.29, 0.717) is 25.0 Å². The zero-order valence-electron chi connectivity index (χ0n) is 10.5. The van der Waals surface area contributed by atoms with Crippen LogP contribution in [0.15, 0.2) is 17.1 Å². The third-order valence-electron chi connectivity index (χ3n) is 2.33. The number of guanidine groups is 1. The number of nitrogens with two attached hydrogens (primary N) is 1. The minimum atomic E-state index is 0.222. The minimum absolute atomic E-state index is 0.222. The van der Waals surface area contributed by atoms with Crippen molar-refractivity contribution in [2.45, 2.75) is 33.1 Å². The number of hydrogen-bond acceptors (Lipinski definition) is 2. The molecule has 0 spiro atoms. The third kappa shape index (κ3) is 8.29. The highest BCUT2D eigenvalue weighted by atomic mass is 16.3. The highest BCUT2D eigenvalue weighted by Crippen LogP contribution is 2.10. The molecule has 0 aromatic rings. The largest absolute Gasteiger partial charge is 0.396 e. The Balaban J connectivity index is 3.94. The number of aliphatic imine (C=N–C) groups is 1. The van der Waals surface area contributed by atoms with Gasteiger partial charge in [0.05, 0.1) is 0 Å². The molecule has 0 heterocycles. The molecule has 0 aliphatic rings. The van der Waals surface area contributed by atoms with E-state index in [0.717, 1.165) is 24.8 Å². The number of nitrogens with zero attached hydrogens (tertiary/aromatic N) is 1. The molecule has 0 aromatic heterocycles. The summed E-state index contributed by atoms with van der Waals surface area (Å²) in [6, 6.07) is 0. The molecule has 4 heteroatoms. The Morgan fingerprint density at radius 1 is 1.50 bits per heavy atom. The van der Waals surface area contributed by atoms with E-state index < -0.39 is 0 Å². The smallest absolute Gasteiger partial charge is 0.188 e. The van der Waals surface area contributed by atoms with Gasteiger partial charge in [-0.25, -0.2) is 0 Å². The molecule has 0 aliphatic heterocycles. The van der Waals surface area contributed by atoms with Gasteiger partial charge in [-0.3, -0.25) is 4.99 Å². The molecule has 4 N–H and O–H groups in total. The van der Waals surface area contributed by atoms with Crippen LogP contribution >= 0.6 is 0 Å². The highest BCUT2D eigenvalue weighted by molar-refractivity contribution is 5.78. The summed E-state index contributed by atoms with van der Waals surface area (Å²) < 4.78 is 0. The maximum absolute atomic E-state index is 8.90. The number of aliphatic hydroxyl groups is 1. The van der Waals surface area contributed by atoms with Crippen LogP contribution in [0.3, 0.4) is 0 Å². The predicted octanol–water partition coefficient (Wildman–Crippen LogP) is 1.27. The fraction of sp³-hybridized carbons (Fsp3) is 0.750.